The Balaban J connectivity index is 2.01. The van der Waals surface area contributed by atoms with Crippen molar-refractivity contribution < 1.29 is 4.39 Å². The summed E-state index contributed by atoms with van der Waals surface area (Å²) in [7, 11) is 0. The fourth-order valence-electron chi connectivity index (χ4n) is 2.59. The summed E-state index contributed by atoms with van der Waals surface area (Å²) in [5.74, 6) is 0.305. The van der Waals surface area contributed by atoms with Crippen molar-refractivity contribution in [1.29, 1.82) is 0 Å². The van der Waals surface area contributed by atoms with E-state index in [2.05, 4.69) is 11.8 Å². The summed E-state index contributed by atoms with van der Waals surface area (Å²) in [6.07, 6.45) is 2.08. The zero-order chi connectivity index (χ0) is 13.1. The quantitative estimate of drug-likeness (QED) is 0.915. The van der Waals surface area contributed by atoms with Crippen LogP contribution in [0.25, 0.3) is 0 Å². The van der Waals surface area contributed by atoms with Gasteiger partial charge in [-0.05, 0) is 31.0 Å². The molecule has 0 saturated carbocycles. The van der Waals surface area contributed by atoms with Crippen molar-refractivity contribution >= 4 is 11.6 Å². The maximum atomic E-state index is 13.7. The molecule has 2 nitrogen and oxygen atoms in total. The Morgan fingerprint density at radius 2 is 2.28 bits per heavy atom. The lowest BCUT2D eigenvalue weighted by Crippen LogP contribution is -2.46. The minimum Gasteiger partial charge on any atom is -0.327 e. The minimum atomic E-state index is -0.217. The van der Waals surface area contributed by atoms with Gasteiger partial charge in [-0.1, -0.05) is 31.0 Å². The molecule has 0 aromatic heterocycles. The Morgan fingerprint density at radius 3 is 2.94 bits per heavy atom. The summed E-state index contributed by atoms with van der Waals surface area (Å²) in [5, 5.41) is 0.448. The number of halogens is 2. The molecular weight excluding hydrogens is 251 g/mol. The maximum absolute atomic E-state index is 13.7. The Labute approximate surface area is 113 Å². The second-order valence-electron chi connectivity index (χ2n) is 5.09. The van der Waals surface area contributed by atoms with Crippen molar-refractivity contribution in [2.75, 3.05) is 13.1 Å². The summed E-state index contributed by atoms with van der Waals surface area (Å²) in [6, 6.07) is 5.19. The lowest BCUT2D eigenvalue weighted by molar-refractivity contribution is 0.144. The van der Waals surface area contributed by atoms with E-state index in [1.54, 1.807) is 12.1 Å². The number of benzene rings is 1. The highest BCUT2D eigenvalue weighted by Gasteiger charge is 2.25. The van der Waals surface area contributed by atoms with Crippen LogP contribution >= 0.6 is 11.6 Å². The van der Waals surface area contributed by atoms with E-state index < -0.39 is 0 Å². The Kier molecular flexibility index (Phi) is 4.60. The van der Waals surface area contributed by atoms with Gasteiger partial charge in [0.1, 0.15) is 5.82 Å². The monoisotopic (exact) mass is 270 g/mol. The lowest BCUT2D eigenvalue weighted by atomic mass is 9.90. The predicted molar refractivity (Wildman–Crippen MR) is 73.1 cm³/mol. The number of hydrogen-bond acceptors (Lipinski definition) is 2. The van der Waals surface area contributed by atoms with Gasteiger partial charge in [0.15, 0.2) is 0 Å². The van der Waals surface area contributed by atoms with Gasteiger partial charge in [-0.25, -0.2) is 4.39 Å². The SMILES string of the molecule is CCC1CN(Cc2ccc(Cl)cc2F)CCC1N. The number of rotatable bonds is 3. The molecule has 2 unspecified atom stereocenters. The third-order valence-electron chi connectivity index (χ3n) is 3.81. The molecule has 0 radical (unpaired) electrons. The standard InChI is InChI=1S/C14H20ClFN2/c1-2-10-8-18(6-5-14(10)17)9-11-3-4-12(15)7-13(11)16/h3-4,7,10,14H,2,5-6,8-9,17H2,1H3. The lowest BCUT2D eigenvalue weighted by Gasteiger charge is -2.36. The third-order valence-corrected chi connectivity index (χ3v) is 4.05. The molecule has 0 spiro atoms. The average Bonchev–Trinajstić information content (AvgIpc) is 2.35. The highest BCUT2D eigenvalue weighted by Crippen LogP contribution is 2.22. The number of hydrogen-bond donors (Lipinski definition) is 1. The normalized spacial score (nSPS) is 25.3. The van der Waals surface area contributed by atoms with Gasteiger partial charge in [0.25, 0.3) is 0 Å². The van der Waals surface area contributed by atoms with Crippen LogP contribution < -0.4 is 5.73 Å². The van der Waals surface area contributed by atoms with Crippen molar-refractivity contribution in [1.82, 2.24) is 4.90 Å². The van der Waals surface area contributed by atoms with E-state index in [4.69, 9.17) is 17.3 Å². The van der Waals surface area contributed by atoms with Crippen LogP contribution in [0.2, 0.25) is 5.02 Å². The van der Waals surface area contributed by atoms with E-state index in [9.17, 15) is 4.39 Å². The molecule has 1 aliphatic rings. The summed E-state index contributed by atoms with van der Waals surface area (Å²) in [5.41, 5.74) is 6.79. The molecule has 2 atom stereocenters. The van der Waals surface area contributed by atoms with Gasteiger partial charge in [0, 0.05) is 29.7 Å². The first kappa shape index (κ1) is 13.8. The Morgan fingerprint density at radius 1 is 1.50 bits per heavy atom. The summed E-state index contributed by atoms with van der Waals surface area (Å²) >= 11 is 5.75. The molecule has 0 aliphatic carbocycles. The van der Waals surface area contributed by atoms with E-state index in [1.807, 2.05) is 0 Å². The van der Waals surface area contributed by atoms with Crippen LogP contribution in [0.15, 0.2) is 18.2 Å². The summed E-state index contributed by atoms with van der Waals surface area (Å²) in [4.78, 5) is 2.28. The van der Waals surface area contributed by atoms with Crippen LogP contribution in [0.3, 0.4) is 0 Å². The molecule has 2 N–H and O–H groups in total. The molecule has 100 valence electrons. The average molecular weight is 271 g/mol. The second-order valence-corrected chi connectivity index (χ2v) is 5.53. The van der Waals surface area contributed by atoms with Crippen LogP contribution in [-0.4, -0.2) is 24.0 Å². The zero-order valence-corrected chi connectivity index (χ0v) is 11.5. The molecule has 0 amide bonds. The Hall–Kier alpha value is -0.640. The fourth-order valence-corrected chi connectivity index (χ4v) is 2.75. The van der Waals surface area contributed by atoms with E-state index in [1.165, 1.54) is 6.07 Å². The molecule has 1 fully saturated rings. The van der Waals surface area contributed by atoms with Gasteiger partial charge in [-0.15, -0.1) is 0 Å². The van der Waals surface area contributed by atoms with Crippen LogP contribution in [0.5, 0.6) is 0 Å². The number of likely N-dealkylation sites (tertiary alicyclic amines) is 1. The molecule has 1 aromatic rings. The van der Waals surface area contributed by atoms with Crippen molar-refractivity contribution in [2.45, 2.75) is 32.4 Å². The molecular formula is C14H20ClFN2. The van der Waals surface area contributed by atoms with Gasteiger partial charge in [0.05, 0.1) is 0 Å². The van der Waals surface area contributed by atoms with E-state index in [-0.39, 0.29) is 5.82 Å². The second kappa shape index (κ2) is 6.00. The van der Waals surface area contributed by atoms with Crippen LogP contribution in [0.1, 0.15) is 25.3 Å². The molecule has 0 bridgehead atoms. The van der Waals surface area contributed by atoms with Crippen LogP contribution in [0.4, 0.5) is 4.39 Å². The molecule has 1 aromatic carbocycles. The molecule has 1 heterocycles. The highest BCUT2D eigenvalue weighted by atomic mass is 35.5. The first-order chi connectivity index (χ1) is 8.60. The van der Waals surface area contributed by atoms with Crippen LogP contribution in [-0.2, 0) is 6.54 Å². The van der Waals surface area contributed by atoms with E-state index >= 15 is 0 Å². The first-order valence-electron chi connectivity index (χ1n) is 6.52. The first-order valence-corrected chi connectivity index (χ1v) is 6.89. The number of nitrogens with zero attached hydrogens (tertiary/aromatic N) is 1. The van der Waals surface area contributed by atoms with Gasteiger partial charge < -0.3 is 5.73 Å². The zero-order valence-electron chi connectivity index (χ0n) is 10.7. The van der Waals surface area contributed by atoms with Crippen molar-refractivity contribution in [3.05, 3.63) is 34.6 Å². The predicted octanol–water partition coefficient (Wildman–Crippen LogP) is 3.04. The van der Waals surface area contributed by atoms with Crippen molar-refractivity contribution in [3.63, 3.8) is 0 Å². The maximum Gasteiger partial charge on any atom is 0.129 e. The third kappa shape index (κ3) is 3.22. The van der Waals surface area contributed by atoms with E-state index in [0.29, 0.717) is 29.1 Å². The number of nitrogens with two attached hydrogens (primary N) is 1. The van der Waals surface area contributed by atoms with Gasteiger partial charge in [-0.2, -0.15) is 0 Å². The number of piperidine rings is 1. The van der Waals surface area contributed by atoms with Crippen molar-refractivity contribution in [2.24, 2.45) is 11.7 Å². The van der Waals surface area contributed by atoms with Crippen LogP contribution in [0, 0.1) is 11.7 Å². The largest absolute Gasteiger partial charge is 0.327 e. The molecule has 2 rings (SSSR count). The fraction of sp³-hybridized carbons (Fsp3) is 0.571. The van der Waals surface area contributed by atoms with E-state index in [0.717, 1.165) is 25.9 Å². The Bertz CT molecular complexity index is 411. The molecule has 18 heavy (non-hydrogen) atoms. The minimum absolute atomic E-state index is 0.217. The molecule has 1 saturated heterocycles. The molecule has 4 heteroatoms. The van der Waals surface area contributed by atoms with Gasteiger partial charge in [0.2, 0.25) is 0 Å². The topological polar surface area (TPSA) is 29.3 Å². The molecule has 1 aliphatic heterocycles. The van der Waals surface area contributed by atoms with Crippen molar-refractivity contribution in [3.8, 4) is 0 Å². The summed E-state index contributed by atoms with van der Waals surface area (Å²) < 4.78 is 13.7. The van der Waals surface area contributed by atoms with Gasteiger partial charge in [-0.3, -0.25) is 4.90 Å². The highest BCUT2D eigenvalue weighted by molar-refractivity contribution is 6.30. The van der Waals surface area contributed by atoms with Gasteiger partial charge >= 0.3 is 0 Å². The smallest absolute Gasteiger partial charge is 0.129 e. The summed E-state index contributed by atoms with van der Waals surface area (Å²) in [6.45, 7) is 4.71.